The van der Waals surface area contributed by atoms with Gasteiger partial charge in [0.25, 0.3) is 0 Å². The topological polar surface area (TPSA) is 76.1 Å². The van der Waals surface area contributed by atoms with E-state index < -0.39 is 23.2 Å². The van der Waals surface area contributed by atoms with Gasteiger partial charge in [0.15, 0.2) is 0 Å². The van der Waals surface area contributed by atoms with Crippen molar-refractivity contribution in [1.82, 2.24) is 20.0 Å². The molecule has 3 heterocycles. The van der Waals surface area contributed by atoms with E-state index in [0.29, 0.717) is 30.8 Å². The molecule has 1 aliphatic carbocycles. The number of aliphatic hydroxyl groups is 1. The predicted octanol–water partition coefficient (Wildman–Crippen LogP) is 6.07. The number of carbonyl (C=O) groups excluding carboxylic acids is 2. The van der Waals surface area contributed by atoms with Gasteiger partial charge in [-0.2, -0.15) is 13.2 Å². The summed E-state index contributed by atoms with van der Waals surface area (Å²) in [4.78, 5) is 32.9. The lowest BCUT2D eigenvalue weighted by molar-refractivity contribution is -0.137. The molecule has 3 aliphatic heterocycles. The molecule has 2 aromatic carbocycles. The molecule has 3 amide bonds. The number of halogens is 4. The van der Waals surface area contributed by atoms with Gasteiger partial charge in [0, 0.05) is 56.1 Å². The molecule has 7 nitrogen and oxygen atoms in total. The van der Waals surface area contributed by atoms with Gasteiger partial charge in [0.05, 0.1) is 12.1 Å². The van der Waals surface area contributed by atoms with Crippen LogP contribution in [0, 0.1) is 17.7 Å². The van der Waals surface area contributed by atoms with Crippen LogP contribution in [0.1, 0.15) is 68.1 Å². The van der Waals surface area contributed by atoms with Crippen LogP contribution in [0.25, 0.3) is 0 Å². The molecule has 2 N–H and O–H groups in total. The molecule has 3 saturated heterocycles. The van der Waals surface area contributed by atoms with E-state index in [1.165, 1.54) is 24.3 Å². The van der Waals surface area contributed by atoms with Crippen molar-refractivity contribution in [3.05, 3.63) is 83.7 Å². The minimum Gasteiger partial charge on any atom is -0.383 e. The number of carbonyl (C=O) groups is 2. The number of rotatable bonds is 9. The number of benzene rings is 2. The smallest absolute Gasteiger partial charge is 0.383 e. The average Bonchev–Trinajstić information content (AvgIpc) is 3.75. The fourth-order valence-electron chi connectivity index (χ4n) is 8.47. The molecule has 4 fully saturated rings. The minimum atomic E-state index is -4.42. The SMILES string of the molecule is C=CCN(C(=O)NCc1ccc(C(F)(F)F)cc1)C1CC2CCC(C1)N2CC1CN(C(=O)C2CCCC2)CC1(O)c1cccc(F)c1. The molecular formula is C36H44F4N4O3. The predicted molar refractivity (Wildman–Crippen MR) is 169 cm³/mol. The van der Waals surface area contributed by atoms with E-state index in [-0.39, 0.29) is 55.0 Å². The highest BCUT2D eigenvalue weighted by Crippen LogP contribution is 2.44. The van der Waals surface area contributed by atoms with Crippen LogP contribution in [0.3, 0.4) is 0 Å². The van der Waals surface area contributed by atoms with Crippen LogP contribution in [0.15, 0.2) is 61.2 Å². The molecule has 4 aliphatic rings. The second kappa shape index (κ2) is 13.6. The van der Waals surface area contributed by atoms with Crippen molar-refractivity contribution in [3.8, 4) is 0 Å². The van der Waals surface area contributed by atoms with Gasteiger partial charge in [-0.15, -0.1) is 6.58 Å². The second-order valence-electron chi connectivity index (χ2n) is 13.8. The molecule has 1 saturated carbocycles. The Morgan fingerprint density at radius 2 is 1.72 bits per heavy atom. The Kier molecular flexibility index (Phi) is 9.67. The summed E-state index contributed by atoms with van der Waals surface area (Å²) in [6.45, 7) is 5.40. The monoisotopic (exact) mass is 656 g/mol. The number of amides is 3. The van der Waals surface area contributed by atoms with Gasteiger partial charge in [-0.3, -0.25) is 9.69 Å². The van der Waals surface area contributed by atoms with Gasteiger partial charge >= 0.3 is 12.2 Å². The molecule has 2 bridgehead atoms. The third kappa shape index (κ3) is 7.06. The number of hydrogen-bond donors (Lipinski definition) is 2. The molecule has 0 aromatic heterocycles. The van der Waals surface area contributed by atoms with Crippen LogP contribution in [0.4, 0.5) is 22.4 Å². The molecule has 47 heavy (non-hydrogen) atoms. The zero-order chi connectivity index (χ0) is 33.3. The maximum Gasteiger partial charge on any atom is 0.416 e. The first-order chi connectivity index (χ1) is 22.5. The Bertz CT molecular complexity index is 1430. The number of hydrogen-bond acceptors (Lipinski definition) is 4. The highest BCUT2D eigenvalue weighted by atomic mass is 19.4. The van der Waals surface area contributed by atoms with Crippen molar-refractivity contribution in [2.24, 2.45) is 11.8 Å². The number of urea groups is 1. The molecule has 11 heteroatoms. The highest BCUT2D eigenvalue weighted by Gasteiger charge is 2.52. The van der Waals surface area contributed by atoms with Crippen LogP contribution in [-0.4, -0.2) is 76.0 Å². The lowest BCUT2D eigenvalue weighted by Gasteiger charge is -2.45. The minimum absolute atomic E-state index is 0.0151. The highest BCUT2D eigenvalue weighted by molar-refractivity contribution is 5.79. The molecule has 0 radical (unpaired) electrons. The Hall–Kier alpha value is -3.44. The molecule has 254 valence electrons. The summed E-state index contributed by atoms with van der Waals surface area (Å²) in [5.41, 5.74) is -1.04. The molecule has 2 aromatic rings. The number of piperidine rings is 1. The van der Waals surface area contributed by atoms with Crippen LogP contribution < -0.4 is 5.32 Å². The summed E-state index contributed by atoms with van der Waals surface area (Å²) in [5.74, 6) is -0.650. The zero-order valence-corrected chi connectivity index (χ0v) is 26.6. The lowest BCUT2D eigenvalue weighted by Crippen LogP contribution is -2.55. The van der Waals surface area contributed by atoms with Crippen molar-refractivity contribution in [2.45, 2.75) is 87.8 Å². The summed E-state index contributed by atoms with van der Waals surface area (Å²) in [6, 6.07) is 10.9. The van der Waals surface area contributed by atoms with Gasteiger partial charge in [-0.1, -0.05) is 43.2 Å². The van der Waals surface area contributed by atoms with Crippen LogP contribution in [0.5, 0.6) is 0 Å². The van der Waals surface area contributed by atoms with Crippen LogP contribution in [-0.2, 0) is 23.1 Å². The van der Waals surface area contributed by atoms with E-state index in [1.807, 2.05) is 0 Å². The lowest BCUT2D eigenvalue weighted by atomic mass is 9.82. The van der Waals surface area contributed by atoms with Gasteiger partial charge < -0.3 is 20.2 Å². The molecule has 4 atom stereocenters. The zero-order valence-electron chi connectivity index (χ0n) is 26.6. The van der Waals surface area contributed by atoms with Gasteiger partial charge in [-0.05, 0) is 73.9 Å². The first-order valence-corrected chi connectivity index (χ1v) is 16.8. The van der Waals surface area contributed by atoms with Crippen LogP contribution in [0.2, 0.25) is 0 Å². The summed E-state index contributed by atoms with van der Waals surface area (Å²) in [5, 5.41) is 15.1. The fourth-order valence-corrected chi connectivity index (χ4v) is 8.47. The number of β-amino-alcohol motifs (C(OH)–C–C–N with tert-alkyl or cyclic N) is 1. The van der Waals surface area contributed by atoms with E-state index in [4.69, 9.17) is 0 Å². The number of fused-ring (bicyclic) bond motifs is 2. The van der Waals surface area contributed by atoms with Crippen molar-refractivity contribution < 1.29 is 32.3 Å². The van der Waals surface area contributed by atoms with E-state index in [9.17, 15) is 32.3 Å². The molecule has 6 rings (SSSR count). The van der Waals surface area contributed by atoms with E-state index in [2.05, 4.69) is 16.8 Å². The van der Waals surface area contributed by atoms with Gasteiger partial charge in [0.2, 0.25) is 5.91 Å². The number of alkyl halides is 3. The third-order valence-electron chi connectivity index (χ3n) is 10.9. The second-order valence-corrected chi connectivity index (χ2v) is 13.8. The molecular weight excluding hydrogens is 612 g/mol. The Balaban J connectivity index is 1.13. The number of nitrogens with zero attached hydrogens (tertiary/aromatic N) is 3. The van der Waals surface area contributed by atoms with E-state index in [1.54, 1.807) is 28.0 Å². The third-order valence-corrected chi connectivity index (χ3v) is 10.9. The normalized spacial score (nSPS) is 28.1. The quantitative estimate of drug-likeness (QED) is 0.254. The first kappa shape index (κ1) is 33.5. The van der Waals surface area contributed by atoms with Crippen molar-refractivity contribution in [3.63, 3.8) is 0 Å². The molecule has 4 unspecified atom stereocenters. The van der Waals surface area contributed by atoms with Gasteiger partial charge in [0.1, 0.15) is 11.4 Å². The van der Waals surface area contributed by atoms with Crippen molar-refractivity contribution in [2.75, 3.05) is 26.2 Å². The van der Waals surface area contributed by atoms with E-state index >= 15 is 0 Å². The first-order valence-electron chi connectivity index (χ1n) is 16.8. The van der Waals surface area contributed by atoms with E-state index in [0.717, 1.165) is 63.5 Å². The van der Waals surface area contributed by atoms with Gasteiger partial charge in [-0.25, -0.2) is 9.18 Å². The van der Waals surface area contributed by atoms with Crippen LogP contribution >= 0.6 is 0 Å². The Morgan fingerprint density at radius 3 is 2.34 bits per heavy atom. The Morgan fingerprint density at radius 1 is 1.04 bits per heavy atom. The largest absolute Gasteiger partial charge is 0.416 e. The molecule has 0 spiro atoms. The average molecular weight is 657 g/mol. The number of nitrogens with one attached hydrogen (secondary N) is 1. The number of likely N-dealkylation sites (tertiary alicyclic amines) is 1. The summed E-state index contributed by atoms with van der Waals surface area (Å²) < 4.78 is 53.2. The Labute approximate surface area is 273 Å². The summed E-state index contributed by atoms with van der Waals surface area (Å²) in [6.07, 6.45) is 4.44. The maximum atomic E-state index is 14.4. The fraction of sp³-hybridized carbons (Fsp3) is 0.556. The van der Waals surface area contributed by atoms with Crippen molar-refractivity contribution >= 4 is 11.9 Å². The van der Waals surface area contributed by atoms with Crippen molar-refractivity contribution in [1.29, 1.82) is 0 Å². The standard InChI is InChI=1S/C36H44F4N4O3/c1-2-16-43(34(46)41-20-24-10-12-26(13-11-24)36(38,39)40)32-18-30-14-15-31(19-32)44(30)22-28-21-42(33(45)25-6-3-4-7-25)23-35(28,47)27-8-5-9-29(37)17-27/h2,5,8-13,17,25,28,30-32,47H,1,3-4,6-7,14-16,18-23H2,(H,41,46). The summed E-state index contributed by atoms with van der Waals surface area (Å²) in [7, 11) is 0. The summed E-state index contributed by atoms with van der Waals surface area (Å²) >= 11 is 0. The maximum absolute atomic E-state index is 14.4.